The number of aryl methyl sites for hydroxylation is 1. The lowest BCUT2D eigenvalue weighted by Crippen LogP contribution is -2.46. The second-order valence-electron chi connectivity index (χ2n) is 9.28. The molecule has 4 rings (SSSR count). The normalized spacial score (nSPS) is 32.1. The van der Waals surface area contributed by atoms with Crippen molar-refractivity contribution in [3.8, 4) is 0 Å². The van der Waals surface area contributed by atoms with E-state index in [9.17, 15) is 13.2 Å². The molecular formula is C20H28N2O4S. The molecule has 5 unspecified atom stereocenters. The molecule has 0 aromatic heterocycles. The number of ether oxygens (including phenoxy) is 1. The zero-order chi connectivity index (χ0) is 19.6. The molecule has 2 N–H and O–H groups in total. The lowest BCUT2D eigenvalue weighted by molar-refractivity contribution is 0.0659. The van der Waals surface area contributed by atoms with Crippen molar-refractivity contribution in [1.82, 2.24) is 10.0 Å². The van der Waals surface area contributed by atoms with Gasteiger partial charge in [-0.05, 0) is 76.0 Å². The molecule has 0 spiro atoms. The minimum absolute atomic E-state index is 0.0358. The van der Waals surface area contributed by atoms with E-state index in [1.54, 1.807) is 32.9 Å². The number of carbonyl (C=O) groups excluding carboxylic acids is 1. The van der Waals surface area contributed by atoms with E-state index in [4.69, 9.17) is 4.74 Å². The van der Waals surface area contributed by atoms with Crippen molar-refractivity contribution in [2.45, 2.75) is 63.1 Å². The Balaban J connectivity index is 1.56. The molecule has 27 heavy (non-hydrogen) atoms. The zero-order valence-electron chi connectivity index (χ0n) is 16.3. The first-order valence-corrected chi connectivity index (χ1v) is 11.1. The Bertz CT molecular complexity index is 872. The van der Waals surface area contributed by atoms with Gasteiger partial charge in [0.2, 0.25) is 10.0 Å². The molecule has 2 saturated carbocycles. The van der Waals surface area contributed by atoms with E-state index < -0.39 is 15.6 Å². The van der Waals surface area contributed by atoms with Crippen LogP contribution in [-0.4, -0.2) is 38.6 Å². The lowest BCUT2D eigenvalue weighted by Gasteiger charge is -2.28. The Labute approximate surface area is 161 Å². The van der Waals surface area contributed by atoms with Crippen molar-refractivity contribution in [2.75, 3.05) is 6.61 Å². The molecule has 0 radical (unpaired) electrons. The van der Waals surface area contributed by atoms with Crippen LogP contribution in [0.3, 0.4) is 0 Å². The van der Waals surface area contributed by atoms with Crippen LogP contribution in [0.2, 0.25) is 0 Å². The van der Waals surface area contributed by atoms with Crippen molar-refractivity contribution >= 4 is 15.9 Å². The third-order valence-corrected chi connectivity index (χ3v) is 7.83. The van der Waals surface area contributed by atoms with Crippen LogP contribution in [0, 0.1) is 24.7 Å². The highest BCUT2D eigenvalue weighted by Crippen LogP contribution is 2.53. The van der Waals surface area contributed by atoms with Gasteiger partial charge in [-0.3, -0.25) is 4.79 Å². The molecule has 1 aromatic rings. The summed E-state index contributed by atoms with van der Waals surface area (Å²) < 4.78 is 33.8. The summed E-state index contributed by atoms with van der Waals surface area (Å²) in [5.41, 5.74) is 0.575. The number of carbonyl (C=O) groups is 1. The van der Waals surface area contributed by atoms with Crippen molar-refractivity contribution in [3.63, 3.8) is 0 Å². The first kappa shape index (κ1) is 18.9. The standard InChI is InChI=1S/C20H28N2O4S/c1-11-5-6-14(27(24,25)22-20(2,3)4)9-15(11)19(23)21-17-12-7-13-10-26-18(17)16(13)8-12/h5-6,9,12-13,16-18,22H,7-8,10H2,1-4H3,(H,21,23). The number of hydrogen-bond donors (Lipinski definition) is 2. The van der Waals surface area contributed by atoms with Crippen LogP contribution in [0.15, 0.2) is 23.1 Å². The van der Waals surface area contributed by atoms with E-state index in [-0.39, 0.29) is 22.9 Å². The highest BCUT2D eigenvalue weighted by Gasteiger charge is 2.57. The van der Waals surface area contributed by atoms with Gasteiger partial charge >= 0.3 is 0 Å². The summed E-state index contributed by atoms with van der Waals surface area (Å²) in [4.78, 5) is 13.1. The largest absolute Gasteiger partial charge is 0.375 e. The van der Waals surface area contributed by atoms with Gasteiger partial charge in [0.05, 0.1) is 23.6 Å². The van der Waals surface area contributed by atoms with Gasteiger partial charge in [-0.1, -0.05) is 6.07 Å². The predicted molar refractivity (Wildman–Crippen MR) is 102 cm³/mol. The first-order valence-electron chi connectivity index (χ1n) is 9.62. The van der Waals surface area contributed by atoms with Crippen LogP contribution in [0.5, 0.6) is 0 Å². The van der Waals surface area contributed by atoms with E-state index >= 15 is 0 Å². The van der Waals surface area contributed by atoms with Crippen molar-refractivity contribution in [1.29, 1.82) is 0 Å². The van der Waals surface area contributed by atoms with Crippen molar-refractivity contribution in [2.24, 2.45) is 17.8 Å². The van der Waals surface area contributed by atoms with Gasteiger partial charge in [0.15, 0.2) is 0 Å². The number of nitrogens with one attached hydrogen (secondary N) is 2. The molecule has 1 saturated heterocycles. The van der Waals surface area contributed by atoms with E-state index in [1.807, 2.05) is 6.92 Å². The quantitative estimate of drug-likeness (QED) is 0.823. The molecule has 148 valence electrons. The maximum Gasteiger partial charge on any atom is 0.251 e. The monoisotopic (exact) mass is 392 g/mol. The number of hydrogen-bond acceptors (Lipinski definition) is 4. The summed E-state index contributed by atoms with van der Waals surface area (Å²) in [5.74, 6) is 1.49. The molecule has 1 amide bonds. The molecule has 1 heterocycles. The third-order valence-electron chi connectivity index (χ3n) is 6.07. The molecule has 6 nitrogen and oxygen atoms in total. The molecule has 3 fully saturated rings. The number of amides is 1. The highest BCUT2D eigenvalue weighted by atomic mass is 32.2. The van der Waals surface area contributed by atoms with E-state index in [2.05, 4.69) is 10.0 Å². The Morgan fingerprint density at radius 1 is 1.19 bits per heavy atom. The average Bonchev–Trinajstić information content (AvgIpc) is 3.15. The smallest absolute Gasteiger partial charge is 0.251 e. The maximum absolute atomic E-state index is 13.0. The summed E-state index contributed by atoms with van der Waals surface area (Å²) in [6, 6.07) is 4.75. The summed E-state index contributed by atoms with van der Waals surface area (Å²) >= 11 is 0. The van der Waals surface area contributed by atoms with Gasteiger partial charge in [0.25, 0.3) is 5.91 Å². The van der Waals surface area contributed by atoms with Crippen LogP contribution in [-0.2, 0) is 14.8 Å². The number of fused-ring (bicyclic) bond motifs is 1. The Morgan fingerprint density at radius 3 is 2.63 bits per heavy atom. The maximum atomic E-state index is 13.0. The summed E-state index contributed by atoms with van der Waals surface area (Å²) in [6.45, 7) is 8.00. The summed E-state index contributed by atoms with van der Waals surface area (Å²) in [7, 11) is -3.69. The molecule has 5 atom stereocenters. The summed E-state index contributed by atoms with van der Waals surface area (Å²) in [5, 5.41) is 3.14. The Kier molecular flexibility index (Phi) is 4.40. The molecule has 2 bridgehead atoms. The molecule has 7 heteroatoms. The van der Waals surface area contributed by atoms with Crippen molar-refractivity contribution < 1.29 is 17.9 Å². The fourth-order valence-corrected chi connectivity index (χ4v) is 6.43. The van der Waals surface area contributed by atoms with Gasteiger partial charge in [-0.15, -0.1) is 0 Å². The first-order chi connectivity index (χ1) is 12.5. The number of benzene rings is 1. The van der Waals surface area contributed by atoms with E-state index in [1.165, 1.54) is 6.07 Å². The SMILES string of the molecule is Cc1ccc(S(=O)(=O)NC(C)(C)C)cc1C(=O)NC1C2CC3COC1C3C2. The fourth-order valence-electron chi connectivity index (χ4n) is 4.99. The minimum Gasteiger partial charge on any atom is -0.375 e. The molecule has 2 aliphatic carbocycles. The Morgan fingerprint density at radius 2 is 1.93 bits per heavy atom. The van der Waals surface area contributed by atoms with E-state index in [0.29, 0.717) is 23.3 Å². The number of sulfonamides is 1. The van der Waals surface area contributed by atoms with Crippen LogP contribution in [0.1, 0.15) is 49.5 Å². The topological polar surface area (TPSA) is 84.5 Å². The average molecular weight is 393 g/mol. The second kappa shape index (κ2) is 6.29. The molecular weight excluding hydrogens is 364 g/mol. The van der Waals surface area contributed by atoms with Gasteiger partial charge in [0.1, 0.15) is 0 Å². The lowest BCUT2D eigenvalue weighted by atomic mass is 9.87. The van der Waals surface area contributed by atoms with Crippen LogP contribution in [0.25, 0.3) is 0 Å². The number of rotatable bonds is 4. The van der Waals surface area contributed by atoms with Crippen LogP contribution >= 0.6 is 0 Å². The zero-order valence-corrected chi connectivity index (χ0v) is 17.1. The predicted octanol–water partition coefficient (Wildman–Crippen LogP) is 2.23. The minimum atomic E-state index is -3.69. The fraction of sp³-hybridized carbons (Fsp3) is 0.650. The molecule has 1 aromatic carbocycles. The molecule has 3 aliphatic rings. The third kappa shape index (κ3) is 3.41. The van der Waals surface area contributed by atoms with Gasteiger partial charge < -0.3 is 10.1 Å². The summed E-state index contributed by atoms with van der Waals surface area (Å²) in [6.07, 6.45) is 2.37. The van der Waals surface area contributed by atoms with Crippen LogP contribution in [0.4, 0.5) is 0 Å². The molecule has 1 aliphatic heterocycles. The van der Waals surface area contributed by atoms with Gasteiger partial charge in [0, 0.05) is 11.1 Å². The van der Waals surface area contributed by atoms with Gasteiger partial charge in [-0.25, -0.2) is 13.1 Å². The second-order valence-corrected chi connectivity index (χ2v) is 11.0. The van der Waals surface area contributed by atoms with E-state index in [0.717, 1.165) is 25.0 Å². The Hall–Kier alpha value is -1.44. The highest BCUT2D eigenvalue weighted by molar-refractivity contribution is 7.89. The van der Waals surface area contributed by atoms with Crippen LogP contribution < -0.4 is 10.0 Å². The van der Waals surface area contributed by atoms with Crippen molar-refractivity contribution in [3.05, 3.63) is 29.3 Å². The van der Waals surface area contributed by atoms with Gasteiger partial charge in [-0.2, -0.15) is 0 Å².